The topological polar surface area (TPSA) is 86.8 Å². The van der Waals surface area contributed by atoms with Crippen molar-refractivity contribution in [3.63, 3.8) is 0 Å². The monoisotopic (exact) mass is 687 g/mol. The molecule has 3 aromatic rings. The lowest BCUT2D eigenvalue weighted by Gasteiger charge is -2.33. The molecule has 0 spiro atoms. The quantitative estimate of drug-likeness (QED) is 0.251. The summed E-state index contributed by atoms with van der Waals surface area (Å²) in [4.78, 5) is 28.7. The molecule has 2 amide bonds. The lowest BCUT2D eigenvalue weighted by molar-refractivity contribution is -0.140. The van der Waals surface area contributed by atoms with Gasteiger partial charge in [-0.05, 0) is 47.9 Å². The number of alkyl halides is 3. The molecule has 0 aliphatic rings. The molecule has 0 saturated heterocycles. The molecule has 3 aromatic carbocycles. The minimum Gasteiger partial charge on any atom is -0.354 e. The zero-order valence-corrected chi connectivity index (χ0v) is 26.0. The van der Waals surface area contributed by atoms with Gasteiger partial charge in [0, 0.05) is 24.0 Å². The van der Waals surface area contributed by atoms with Crippen molar-refractivity contribution in [3.8, 4) is 0 Å². The van der Waals surface area contributed by atoms with Crippen LogP contribution in [0.4, 0.5) is 18.9 Å². The van der Waals surface area contributed by atoms with Gasteiger partial charge in [-0.3, -0.25) is 13.9 Å². The van der Waals surface area contributed by atoms with E-state index in [9.17, 15) is 31.2 Å². The second kappa shape index (κ2) is 14.4. The maximum atomic E-state index is 14.0. The normalized spacial score (nSPS) is 12.5. The van der Waals surface area contributed by atoms with Crippen LogP contribution in [0.15, 0.2) is 77.3 Å². The van der Waals surface area contributed by atoms with Crippen molar-refractivity contribution in [3.05, 3.63) is 99.0 Å². The Morgan fingerprint density at radius 3 is 2.26 bits per heavy atom. The molecule has 1 atom stereocenters. The Morgan fingerprint density at radius 2 is 1.67 bits per heavy atom. The number of halogens is 5. The first-order chi connectivity index (χ1) is 19.7. The van der Waals surface area contributed by atoms with Crippen molar-refractivity contribution in [1.29, 1.82) is 0 Å². The van der Waals surface area contributed by atoms with E-state index in [2.05, 4.69) is 21.2 Å². The summed E-state index contributed by atoms with van der Waals surface area (Å²) in [5, 5.41) is 2.20. The molecule has 1 unspecified atom stereocenters. The standard InChI is InChI=1S/C29H30BrClF3N3O4S/c1-3-14-35-28(39)26(16-20-8-5-4-6-9-20)36(18-21-10-7-11-22(30)15-21)27(38)19-37(42(2,40)41)23-12-13-25(31)24(17-23)29(32,33)34/h4-13,15,17,26H,3,14,16,18-19H2,1-2H3,(H,35,39). The molecule has 0 radical (unpaired) electrons. The molecular formula is C29H30BrClF3N3O4S. The Balaban J connectivity index is 2.09. The van der Waals surface area contributed by atoms with E-state index in [0.29, 0.717) is 28.9 Å². The van der Waals surface area contributed by atoms with E-state index in [1.54, 1.807) is 48.5 Å². The summed E-state index contributed by atoms with van der Waals surface area (Å²) in [7, 11) is -4.25. The highest BCUT2D eigenvalue weighted by molar-refractivity contribution is 9.10. The van der Waals surface area contributed by atoms with Crippen LogP contribution in [0.2, 0.25) is 5.02 Å². The van der Waals surface area contributed by atoms with E-state index in [-0.39, 0.29) is 18.7 Å². The fourth-order valence-corrected chi connectivity index (χ4v) is 5.76. The van der Waals surface area contributed by atoms with Gasteiger partial charge in [0.15, 0.2) is 0 Å². The maximum Gasteiger partial charge on any atom is 0.417 e. The average molecular weight is 689 g/mol. The van der Waals surface area contributed by atoms with Crippen molar-refractivity contribution < 1.29 is 31.2 Å². The maximum absolute atomic E-state index is 14.0. The van der Waals surface area contributed by atoms with Gasteiger partial charge in [0.05, 0.1) is 22.5 Å². The molecule has 226 valence electrons. The predicted molar refractivity (Wildman–Crippen MR) is 161 cm³/mol. The molecule has 0 saturated carbocycles. The zero-order valence-electron chi connectivity index (χ0n) is 22.9. The van der Waals surface area contributed by atoms with Gasteiger partial charge in [-0.1, -0.05) is 76.9 Å². The van der Waals surface area contributed by atoms with Crippen LogP contribution in [0.25, 0.3) is 0 Å². The molecule has 7 nitrogen and oxygen atoms in total. The zero-order chi connectivity index (χ0) is 31.1. The third-order valence-electron chi connectivity index (χ3n) is 6.28. The van der Waals surface area contributed by atoms with E-state index < -0.39 is 51.2 Å². The fourth-order valence-electron chi connectivity index (χ4n) is 4.25. The molecule has 42 heavy (non-hydrogen) atoms. The SMILES string of the molecule is CCCNC(=O)C(Cc1ccccc1)N(Cc1cccc(Br)c1)C(=O)CN(c1ccc(Cl)c(C(F)(F)F)c1)S(C)(=O)=O. The minimum atomic E-state index is -4.86. The third kappa shape index (κ3) is 9.20. The van der Waals surface area contributed by atoms with E-state index in [1.807, 2.05) is 13.0 Å². The Bertz CT molecular complexity index is 1510. The number of hydrogen-bond donors (Lipinski definition) is 1. The lowest BCUT2D eigenvalue weighted by atomic mass is 10.0. The molecular weight excluding hydrogens is 659 g/mol. The van der Waals surface area contributed by atoms with Gasteiger partial charge in [-0.15, -0.1) is 0 Å². The minimum absolute atomic E-state index is 0.0681. The molecule has 3 rings (SSSR count). The summed E-state index contributed by atoms with van der Waals surface area (Å²) in [5.41, 5.74) is -0.223. The summed E-state index contributed by atoms with van der Waals surface area (Å²) >= 11 is 9.14. The van der Waals surface area contributed by atoms with E-state index in [0.717, 1.165) is 28.4 Å². The van der Waals surface area contributed by atoms with E-state index >= 15 is 0 Å². The Kier molecular flexibility index (Phi) is 11.4. The number of nitrogens with one attached hydrogen (secondary N) is 1. The Labute approximate surface area is 256 Å². The van der Waals surface area contributed by atoms with Crippen molar-refractivity contribution in [2.24, 2.45) is 0 Å². The van der Waals surface area contributed by atoms with Crippen LogP contribution in [-0.2, 0) is 38.8 Å². The number of amides is 2. The predicted octanol–water partition coefficient (Wildman–Crippen LogP) is 6.05. The van der Waals surface area contributed by atoms with Gasteiger partial charge in [-0.25, -0.2) is 8.42 Å². The highest BCUT2D eigenvalue weighted by atomic mass is 79.9. The number of benzene rings is 3. The van der Waals surface area contributed by atoms with Crippen LogP contribution in [-0.4, -0.2) is 50.5 Å². The van der Waals surface area contributed by atoms with Crippen LogP contribution >= 0.6 is 27.5 Å². The summed E-state index contributed by atoms with van der Waals surface area (Å²) in [6.45, 7) is 1.31. The second-order valence-corrected chi connectivity index (χ2v) is 12.8. The number of carbonyl (C=O) groups is 2. The van der Waals surface area contributed by atoms with Gasteiger partial charge in [0.25, 0.3) is 0 Å². The highest BCUT2D eigenvalue weighted by Gasteiger charge is 2.36. The van der Waals surface area contributed by atoms with Crippen LogP contribution in [0.1, 0.15) is 30.0 Å². The Morgan fingerprint density at radius 1 is 1.00 bits per heavy atom. The first-order valence-electron chi connectivity index (χ1n) is 12.9. The molecule has 0 aliphatic heterocycles. The van der Waals surface area contributed by atoms with Gasteiger partial charge in [0.1, 0.15) is 12.6 Å². The summed E-state index contributed by atoms with van der Waals surface area (Å²) in [6.07, 6.45) is -3.31. The first kappa shape index (κ1) is 33.4. The molecule has 1 N–H and O–H groups in total. The number of sulfonamides is 1. The summed E-state index contributed by atoms with van der Waals surface area (Å²) < 4.78 is 67.7. The van der Waals surface area contributed by atoms with E-state index in [4.69, 9.17) is 11.6 Å². The molecule has 0 bridgehead atoms. The summed E-state index contributed by atoms with van der Waals surface area (Å²) in [6, 6.07) is 17.6. The van der Waals surface area contributed by atoms with Crippen molar-refractivity contribution >= 4 is 55.1 Å². The first-order valence-corrected chi connectivity index (χ1v) is 15.9. The average Bonchev–Trinajstić information content (AvgIpc) is 2.92. The number of anilines is 1. The van der Waals surface area contributed by atoms with Gasteiger partial charge >= 0.3 is 6.18 Å². The van der Waals surface area contributed by atoms with Gasteiger partial charge in [-0.2, -0.15) is 13.2 Å². The highest BCUT2D eigenvalue weighted by Crippen LogP contribution is 2.37. The number of rotatable bonds is 12. The largest absolute Gasteiger partial charge is 0.417 e. The number of carbonyl (C=O) groups excluding carboxylic acids is 2. The van der Waals surface area contributed by atoms with Crippen LogP contribution in [0.5, 0.6) is 0 Å². The van der Waals surface area contributed by atoms with Crippen molar-refractivity contribution in [2.75, 3.05) is 23.7 Å². The van der Waals surface area contributed by atoms with Gasteiger partial charge in [0.2, 0.25) is 21.8 Å². The second-order valence-electron chi connectivity index (χ2n) is 9.58. The van der Waals surface area contributed by atoms with Crippen molar-refractivity contribution in [2.45, 2.75) is 38.5 Å². The van der Waals surface area contributed by atoms with Crippen molar-refractivity contribution in [1.82, 2.24) is 10.2 Å². The Hall–Kier alpha value is -3.09. The summed E-state index contributed by atoms with van der Waals surface area (Å²) in [5.74, 6) is -1.22. The van der Waals surface area contributed by atoms with Crippen LogP contribution in [0, 0.1) is 0 Å². The van der Waals surface area contributed by atoms with Crippen LogP contribution in [0.3, 0.4) is 0 Å². The molecule has 13 heteroatoms. The lowest BCUT2D eigenvalue weighted by Crippen LogP contribution is -2.53. The molecule has 0 aliphatic carbocycles. The smallest absolute Gasteiger partial charge is 0.354 e. The fraction of sp³-hybridized carbons (Fsp3) is 0.310. The number of hydrogen-bond acceptors (Lipinski definition) is 4. The molecule has 0 aromatic heterocycles. The molecule has 0 heterocycles. The molecule has 0 fully saturated rings. The third-order valence-corrected chi connectivity index (χ3v) is 8.25. The number of nitrogens with zero attached hydrogens (tertiary/aromatic N) is 2. The van der Waals surface area contributed by atoms with Crippen LogP contribution < -0.4 is 9.62 Å². The van der Waals surface area contributed by atoms with Gasteiger partial charge < -0.3 is 10.2 Å². The van der Waals surface area contributed by atoms with E-state index in [1.165, 1.54) is 4.90 Å².